The van der Waals surface area contributed by atoms with Gasteiger partial charge in [-0.25, -0.2) is 4.98 Å². The molecular weight excluding hydrogens is 268 g/mol. The Bertz CT molecular complexity index is 587. The van der Waals surface area contributed by atoms with Crippen LogP contribution in [0, 0.1) is 6.92 Å². The van der Waals surface area contributed by atoms with Gasteiger partial charge in [-0.3, -0.25) is 0 Å². The Morgan fingerprint density at radius 2 is 2.05 bits per heavy atom. The minimum Gasteiger partial charge on any atom is -0.388 e. The number of rotatable bonds is 6. The fourth-order valence-corrected chi connectivity index (χ4v) is 2.84. The monoisotopic (exact) mass is 292 g/mol. The maximum Gasteiger partial charge on any atom is 0.137 e. The highest BCUT2D eigenvalue weighted by Crippen LogP contribution is 2.18. The average molecular weight is 292 g/mol. The lowest BCUT2D eigenvalue weighted by Gasteiger charge is -2.16. The second-order valence-corrected chi connectivity index (χ2v) is 12.1. The maximum absolute atomic E-state index is 9.44. The number of aliphatic hydroxyl groups excluding tert-OH is 1. The second-order valence-electron chi connectivity index (χ2n) is 6.45. The van der Waals surface area contributed by atoms with Gasteiger partial charge in [0.2, 0.25) is 0 Å². The van der Waals surface area contributed by atoms with Gasteiger partial charge in [-0.1, -0.05) is 25.7 Å². The molecule has 0 bridgehead atoms. The summed E-state index contributed by atoms with van der Waals surface area (Å²) in [4.78, 5) is 4.44. The molecule has 20 heavy (non-hydrogen) atoms. The van der Waals surface area contributed by atoms with E-state index in [9.17, 15) is 5.11 Å². The largest absolute Gasteiger partial charge is 0.388 e. The van der Waals surface area contributed by atoms with Crippen molar-refractivity contribution in [3.05, 3.63) is 29.6 Å². The first-order chi connectivity index (χ1) is 9.40. The SMILES string of the molecule is Cc1ccc2nc(CO)n(COCC[Si](C)(C)C)c2c1. The van der Waals surface area contributed by atoms with Crippen LogP contribution in [0.1, 0.15) is 11.4 Å². The number of nitrogens with zero attached hydrogens (tertiary/aromatic N) is 2. The van der Waals surface area contributed by atoms with Crippen LogP contribution in [0.3, 0.4) is 0 Å². The Balaban J connectivity index is 2.13. The van der Waals surface area contributed by atoms with E-state index in [-0.39, 0.29) is 6.61 Å². The summed E-state index contributed by atoms with van der Waals surface area (Å²) in [5, 5.41) is 9.44. The predicted octanol–water partition coefficient (Wildman–Crippen LogP) is 3.15. The van der Waals surface area contributed by atoms with Gasteiger partial charge >= 0.3 is 0 Å². The standard InChI is InChI=1S/C15H24N2O2Si/c1-12-5-6-13-14(9-12)17(15(10-18)16-13)11-19-7-8-20(2,3)4/h5-6,9,18H,7-8,10-11H2,1-4H3. The molecular formula is C15H24N2O2Si. The number of hydrogen-bond acceptors (Lipinski definition) is 3. The van der Waals surface area contributed by atoms with Crippen LogP contribution in [0.25, 0.3) is 11.0 Å². The summed E-state index contributed by atoms with van der Waals surface area (Å²) in [7, 11) is -1.06. The molecule has 0 spiro atoms. The lowest BCUT2D eigenvalue weighted by molar-refractivity contribution is 0.0845. The summed E-state index contributed by atoms with van der Waals surface area (Å²) in [6, 6.07) is 7.26. The van der Waals surface area contributed by atoms with Gasteiger partial charge in [-0.15, -0.1) is 0 Å². The van der Waals surface area contributed by atoms with Gasteiger partial charge in [-0.05, 0) is 30.7 Å². The zero-order chi connectivity index (χ0) is 14.8. The van der Waals surface area contributed by atoms with Crippen LogP contribution in [-0.2, 0) is 18.1 Å². The summed E-state index contributed by atoms with van der Waals surface area (Å²) in [6.07, 6.45) is 0. The van der Waals surface area contributed by atoms with Crippen LogP contribution < -0.4 is 0 Å². The predicted molar refractivity (Wildman–Crippen MR) is 84.5 cm³/mol. The van der Waals surface area contributed by atoms with E-state index in [2.05, 4.69) is 37.6 Å². The lowest BCUT2D eigenvalue weighted by Crippen LogP contribution is -2.22. The number of aliphatic hydroxyl groups is 1. The van der Waals surface area contributed by atoms with Gasteiger partial charge in [0.15, 0.2) is 0 Å². The topological polar surface area (TPSA) is 47.3 Å². The number of ether oxygens (including phenoxy) is 1. The van der Waals surface area contributed by atoms with E-state index in [0.717, 1.165) is 23.7 Å². The number of fused-ring (bicyclic) bond motifs is 1. The van der Waals surface area contributed by atoms with Crippen molar-refractivity contribution >= 4 is 19.1 Å². The Kier molecular flexibility index (Phi) is 4.62. The number of benzene rings is 1. The molecule has 2 rings (SSSR count). The zero-order valence-corrected chi connectivity index (χ0v) is 13.8. The lowest BCUT2D eigenvalue weighted by atomic mass is 10.2. The highest BCUT2D eigenvalue weighted by molar-refractivity contribution is 6.76. The molecule has 0 saturated carbocycles. The normalized spacial score (nSPS) is 12.2. The molecule has 2 aromatic rings. The summed E-state index contributed by atoms with van der Waals surface area (Å²) in [5.41, 5.74) is 3.13. The van der Waals surface area contributed by atoms with E-state index in [1.165, 1.54) is 5.56 Å². The Labute approximate surface area is 121 Å². The van der Waals surface area contributed by atoms with Crippen LogP contribution in [0.2, 0.25) is 25.7 Å². The molecule has 0 amide bonds. The molecule has 0 radical (unpaired) electrons. The van der Waals surface area contributed by atoms with Crippen molar-refractivity contribution in [1.82, 2.24) is 9.55 Å². The molecule has 5 heteroatoms. The molecule has 110 valence electrons. The fraction of sp³-hybridized carbons (Fsp3) is 0.533. The van der Waals surface area contributed by atoms with Gasteiger partial charge in [-0.2, -0.15) is 0 Å². The number of imidazole rings is 1. The molecule has 0 unspecified atom stereocenters. The summed E-state index contributed by atoms with van der Waals surface area (Å²) >= 11 is 0. The van der Waals surface area contributed by atoms with Crippen molar-refractivity contribution in [3.63, 3.8) is 0 Å². The Hall–Kier alpha value is -1.17. The third-order valence-corrected chi connectivity index (χ3v) is 5.05. The van der Waals surface area contributed by atoms with Crippen molar-refractivity contribution in [2.45, 2.75) is 45.9 Å². The molecule has 0 fully saturated rings. The third kappa shape index (κ3) is 3.68. The summed E-state index contributed by atoms with van der Waals surface area (Å²) in [5.74, 6) is 0.665. The van der Waals surface area contributed by atoms with E-state index >= 15 is 0 Å². The van der Waals surface area contributed by atoms with Crippen molar-refractivity contribution in [1.29, 1.82) is 0 Å². The molecule has 1 N–H and O–H groups in total. The first kappa shape index (κ1) is 15.2. The molecule has 0 aliphatic carbocycles. The van der Waals surface area contributed by atoms with E-state index in [1.54, 1.807) is 0 Å². The molecule has 0 aliphatic rings. The summed E-state index contributed by atoms with van der Waals surface area (Å²) < 4.78 is 7.76. The van der Waals surface area contributed by atoms with Crippen LogP contribution in [0.5, 0.6) is 0 Å². The Morgan fingerprint density at radius 1 is 1.30 bits per heavy atom. The molecule has 1 heterocycles. The van der Waals surface area contributed by atoms with E-state index in [1.807, 2.05) is 16.7 Å². The fourth-order valence-electron chi connectivity index (χ4n) is 2.08. The second kappa shape index (κ2) is 6.07. The van der Waals surface area contributed by atoms with E-state index in [4.69, 9.17) is 4.74 Å². The first-order valence-electron chi connectivity index (χ1n) is 7.05. The first-order valence-corrected chi connectivity index (χ1v) is 10.8. The number of aryl methyl sites for hydroxylation is 1. The highest BCUT2D eigenvalue weighted by atomic mass is 28.3. The van der Waals surface area contributed by atoms with Crippen molar-refractivity contribution < 1.29 is 9.84 Å². The molecule has 0 aliphatic heterocycles. The molecule has 1 aromatic carbocycles. The van der Waals surface area contributed by atoms with Crippen molar-refractivity contribution in [3.8, 4) is 0 Å². The van der Waals surface area contributed by atoms with Gasteiger partial charge in [0, 0.05) is 14.7 Å². The van der Waals surface area contributed by atoms with Gasteiger partial charge in [0.05, 0.1) is 11.0 Å². The van der Waals surface area contributed by atoms with Gasteiger partial charge in [0.1, 0.15) is 19.2 Å². The van der Waals surface area contributed by atoms with Crippen LogP contribution in [-0.4, -0.2) is 29.3 Å². The quantitative estimate of drug-likeness (QED) is 0.657. The number of aromatic nitrogens is 2. The van der Waals surface area contributed by atoms with Crippen molar-refractivity contribution in [2.75, 3.05) is 6.61 Å². The molecule has 1 aromatic heterocycles. The Morgan fingerprint density at radius 3 is 2.70 bits per heavy atom. The van der Waals surface area contributed by atoms with E-state index in [0.29, 0.717) is 12.6 Å². The van der Waals surface area contributed by atoms with Gasteiger partial charge < -0.3 is 14.4 Å². The molecule has 0 saturated heterocycles. The minimum atomic E-state index is -1.06. The van der Waals surface area contributed by atoms with Gasteiger partial charge in [0.25, 0.3) is 0 Å². The average Bonchev–Trinajstić information content (AvgIpc) is 2.71. The maximum atomic E-state index is 9.44. The minimum absolute atomic E-state index is 0.0644. The third-order valence-electron chi connectivity index (χ3n) is 3.34. The van der Waals surface area contributed by atoms with Crippen LogP contribution >= 0.6 is 0 Å². The van der Waals surface area contributed by atoms with Crippen LogP contribution in [0.15, 0.2) is 18.2 Å². The van der Waals surface area contributed by atoms with Crippen molar-refractivity contribution in [2.24, 2.45) is 0 Å². The zero-order valence-electron chi connectivity index (χ0n) is 12.8. The molecule has 4 nitrogen and oxygen atoms in total. The van der Waals surface area contributed by atoms with Crippen LogP contribution in [0.4, 0.5) is 0 Å². The summed E-state index contributed by atoms with van der Waals surface area (Å²) in [6.45, 7) is 10.2. The smallest absolute Gasteiger partial charge is 0.137 e. The highest BCUT2D eigenvalue weighted by Gasteiger charge is 2.13. The molecule has 0 atom stereocenters. The van der Waals surface area contributed by atoms with E-state index < -0.39 is 8.07 Å². The number of hydrogen-bond donors (Lipinski definition) is 1.